The van der Waals surface area contributed by atoms with E-state index in [1.54, 1.807) is 0 Å². The van der Waals surface area contributed by atoms with E-state index < -0.39 is 12.3 Å². The summed E-state index contributed by atoms with van der Waals surface area (Å²) in [6, 6.07) is 0. The molecule has 0 fully saturated rings. The van der Waals surface area contributed by atoms with E-state index in [9.17, 15) is 13.2 Å². The lowest BCUT2D eigenvalue weighted by molar-refractivity contribution is -0.205. The van der Waals surface area contributed by atoms with Crippen LogP contribution in [0.1, 0.15) is 19.3 Å². The van der Waals surface area contributed by atoms with E-state index in [4.69, 9.17) is 11.5 Å². The Morgan fingerprint density at radius 1 is 1.45 bits per heavy atom. The van der Waals surface area contributed by atoms with Gasteiger partial charge in [-0.15, -0.1) is 12.3 Å². The molecule has 0 aromatic carbocycles. The maximum Gasteiger partial charge on any atom is 0.414 e. The summed E-state index contributed by atoms with van der Waals surface area (Å²) in [6.45, 7) is 0. The third-order valence-electron chi connectivity index (χ3n) is 1.18. The van der Waals surface area contributed by atoms with Crippen LogP contribution in [0.2, 0.25) is 0 Å². The van der Waals surface area contributed by atoms with Gasteiger partial charge < -0.3 is 5.11 Å². The number of aliphatic hydroxyl groups is 1. The van der Waals surface area contributed by atoms with Crippen LogP contribution in [0, 0.1) is 12.3 Å². The van der Waals surface area contributed by atoms with Gasteiger partial charge in [-0.2, -0.15) is 13.2 Å². The fraction of sp³-hybridized carbons (Fsp3) is 0.714. The summed E-state index contributed by atoms with van der Waals surface area (Å²) in [6.07, 6.45) is -1.76. The second-order valence-electron chi connectivity index (χ2n) is 2.15. The molecule has 0 aliphatic carbocycles. The molecule has 0 aliphatic heterocycles. The molecule has 0 aliphatic rings. The Bertz CT molecular complexity index is 145. The zero-order chi connectivity index (χ0) is 8.91. The minimum Gasteiger partial charge on any atom is -0.384 e. The number of hydrogen-bond donors (Lipinski definition) is 1. The minimum atomic E-state index is -4.51. The lowest BCUT2D eigenvalue weighted by atomic mass is 10.1. The SMILES string of the molecule is C#CCCC[C@H](O)C(F)(F)F. The van der Waals surface area contributed by atoms with E-state index in [1.165, 1.54) is 0 Å². The molecule has 0 saturated carbocycles. The molecule has 1 atom stereocenters. The Kier molecular flexibility index (Phi) is 3.98. The van der Waals surface area contributed by atoms with Crippen LogP contribution in [0.5, 0.6) is 0 Å². The second kappa shape index (κ2) is 4.24. The molecule has 0 amide bonds. The molecule has 0 aromatic heterocycles. The predicted octanol–water partition coefficient (Wildman–Crippen LogP) is 1.71. The first kappa shape index (κ1) is 10.3. The number of terminal acetylenes is 1. The van der Waals surface area contributed by atoms with E-state index in [1.807, 2.05) is 0 Å². The fourth-order valence-electron chi connectivity index (χ4n) is 0.561. The summed E-state index contributed by atoms with van der Waals surface area (Å²) in [4.78, 5) is 0. The number of aliphatic hydroxyl groups excluding tert-OH is 1. The first-order valence-electron chi connectivity index (χ1n) is 3.16. The van der Waals surface area contributed by atoms with Gasteiger partial charge >= 0.3 is 6.18 Å². The summed E-state index contributed by atoms with van der Waals surface area (Å²) in [5, 5.41) is 8.42. The van der Waals surface area contributed by atoms with Gasteiger partial charge in [-0.3, -0.25) is 0 Å². The first-order valence-corrected chi connectivity index (χ1v) is 3.16. The maximum atomic E-state index is 11.6. The molecule has 0 saturated heterocycles. The third-order valence-corrected chi connectivity index (χ3v) is 1.18. The zero-order valence-corrected chi connectivity index (χ0v) is 5.86. The highest BCUT2D eigenvalue weighted by Crippen LogP contribution is 2.23. The summed E-state index contributed by atoms with van der Waals surface area (Å²) in [5.74, 6) is 2.20. The molecule has 0 spiro atoms. The standard InChI is InChI=1S/C7H9F3O/c1-2-3-4-5-6(11)7(8,9)10/h1,6,11H,3-5H2/t6-/m0/s1. The van der Waals surface area contributed by atoms with E-state index >= 15 is 0 Å². The monoisotopic (exact) mass is 166 g/mol. The number of halogens is 3. The van der Waals surface area contributed by atoms with E-state index in [0.717, 1.165) is 0 Å². The van der Waals surface area contributed by atoms with Crippen LogP contribution in [0.15, 0.2) is 0 Å². The number of hydrogen-bond acceptors (Lipinski definition) is 1. The Labute approximate surface area is 63.2 Å². The molecule has 0 heterocycles. The molecule has 0 unspecified atom stereocenters. The van der Waals surface area contributed by atoms with E-state index in [-0.39, 0.29) is 19.3 Å². The zero-order valence-electron chi connectivity index (χ0n) is 5.86. The summed E-state index contributed by atoms with van der Waals surface area (Å²) in [5.41, 5.74) is 0. The molecular weight excluding hydrogens is 157 g/mol. The van der Waals surface area contributed by atoms with Crippen LogP contribution < -0.4 is 0 Å². The fourth-order valence-corrected chi connectivity index (χ4v) is 0.561. The van der Waals surface area contributed by atoms with E-state index in [0.29, 0.717) is 0 Å². The molecule has 0 aromatic rings. The molecule has 1 nitrogen and oxygen atoms in total. The molecule has 11 heavy (non-hydrogen) atoms. The Balaban J connectivity index is 3.55. The molecular formula is C7H9F3O. The van der Waals surface area contributed by atoms with E-state index in [2.05, 4.69) is 5.92 Å². The normalized spacial score (nSPS) is 14.1. The average Bonchev–Trinajstić information content (AvgIpc) is 1.86. The Morgan fingerprint density at radius 2 is 2.00 bits per heavy atom. The van der Waals surface area contributed by atoms with Gasteiger partial charge in [-0.25, -0.2) is 0 Å². The summed E-state index contributed by atoms with van der Waals surface area (Å²) in [7, 11) is 0. The first-order chi connectivity index (χ1) is 4.98. The van der Waals surface area contributed by atoms with Crippen molar-refractivity contribution in [3.63, 3.8) is 0 Å². The van der Waals surface area contributed by atoms with Gasteiger partial charge in [0, 0.05) is 6.42 Å². The lowest BCUT2D eigenvalue weighted by Crippen LogP contribution is -2.28. The van der Waals surface area contributed by atoms with Crippen molar-refractivity contribution >= 4 is 0 Å². The Morgan fingerprint density at radius 3 is 2.36 bits per heavy atom. The van der Waals surface area contributed by atoms with Crippen LogP contribution in [-0.2, 0) is 0 Å². The van der Waals surface area contributed by atoms with Crippen molar-refractivity contribution in [3.05, 3.63) is 0 Å². The van der Waals surface area contributed by atoms with Crippen LogP contribution >= 0.6 is 0 Å². The summed E-state index contributed by atoms with van der Waals surface area (Å²) >= 11 is 0. The molecule has 1 N–H and O–H groups in total. The van der Waals surface area contributed by atoms with Gasteiger partial charge in [-0.1, -0.05) is 0 Å². The van der Waals surface area contributed by atoms with Gasteiger partial charge in [0.15, 0.2) is 0 Å². The quantitative estimate of drug-likeness (QED) is 0.500. The van der Waals surface area contributed by atoms with Gasteiger partial charge in [0.05, 0.1) is 0 Å². The van der Waals surface area contributed by atoms with Crippen molar-refractivity contribution < 1.29 is 18.3 Å². The smallest absolute Gasteiger partial charge is 0.384 e. The van der Waals surface area contributed by atoms with Gasteiger partial charge in [-0.05, 0) is 12.8 Å². The molecule has 64 valence electrons. The highest BCUT2D eigenvalue weighted by Gasteiger charge is 2.37. The molecule has 0 rings (SSSR count). The average molecular weight is 166 g/mol. The van der Waals surface area contributed by atoms with Crippen LogP contribution in [0.25, 0.3) is 0 Å². The van der Waals surface area contributed by atoms with Crippen molar-refractivity contribution in [3.8, 4) is 12.3 Å². The third kappa shape index (κ3) is 4.68. The van der Waals surface area contributed by atoms with Crippen LogP contribution in [0.4, 0.5) is 13.2 Å². The van der Waals surface area contributed by atoms with Crippen LogP contribution in [-0.4, -0.2) is 17.4 Å². The molecule has 4 heteroatoms. The maximum absolute atomic E-state index is 11.6. The largest absolute Gasteiger partial charge is 0.414 e. The highest BCUT2D eigenvalue weighted by molar-refractivity contribution is 4.83. The summed E-state index contributed by atoms with van der Waals surface area (Å²) < 4.78 is 34.7. The number of alkyl halides is 3. The Hall–Kier alpha value is -0.690. The molecule has 0 radical (unpaired) electrons. The van der Waals surface area contributed by atoms with Crippen molar-refractivity contribution in [2.75, 3.05) is 0 Å². The molecule has 0 bridgehead atoms. The number of unbranched alkanes of at least 4 members (excludes halogenated alkanes) is 1. The van der Waals surface area contributed by atoms with Gasteiger partial charge in [0.25, 0.3) is 0 Å². The van der Waals surface area contributed by atoms with Crippen molar-refractivity contribution in [1.82, 2.24) is 0 Å². The van der Waals surface area contributed by atoms with Crippen molar-refractivity contribution in [2.45, 2.75) is 31.5 Å². The van der Waals surface area contributed by atoms with Gasteiger partial charge in [0.1, 0.15) is 6.10 Å². The predicted molar refractivity (Wildman–Crippen MR) is 34.7 cm³/mol. The van der Waals surface area contributed by atoms with Crippen molar-refractivity contribution in [1.29, 1.82) is 0 Å². The second-order valence-corrected chi connectivity index (χ2v) is 2.15. The minimum absolute atomic E-state index is 0.206. The van der Waals surface area contributed by atoms with Gasteiger partial charge in [0.2, 0.25) is 0 Å². The highest BCUT2D eigenvalue weighted by atomic mass is 19.4. The topological polar surface area (TPSA) is 20.2 Å². The number of rotatable bonds is 3. The van der Waals surface area contributed by atoms with Crippen molar-refractivity contribution in [2.24, 2.45) is 0 Å². The van der Waals surface area contributed by atoms with Crippen LogP contribution in [0.3, 0.4) is 0 Å². The lowest BCUT2D eigenvalue weighted by Gasteiger charge is -2.12.